The minimum Gasteiger partial charge on any atom is -0.469 e. The molecule has 0 atom stereocenters. The molecule has 3 heteroatoms. The lowest BCUT2D eigenvalue weighted by molar-refractivity contribution is -0.143. The lowest BCUT2D eigenvalue weighted by Crippen LogP contribution is -2.30. The molecule has 0 N–H and O–H groups in total. The van der Waals surface area contributed by atoms with E-state index in [2.05, 4.69) is 11.7 Å². The molecular formula is C9H16O3. The van der Waals surface area contributed by atoms with Crippen molar-refractivity contribution in [3.8, 4) is 0 Å². The van der Waals surface area contributed by atoms with E-state index in [1.54, 1.807) is 0 Å². The van der Waals surface area contributed by atoms with Crippen LogP contribution in [0.4, 0.5) is 0 Å². The van der Waals surface area contributed by atoms with E-state index in [9.17, 15) is 4.79 Å². The van der Waals surface area contributed by atoms with Crippen LogP contribution in [0.15, 0.2) is 0 Å². The molecule has 0 aliphatic heterocycles. The zero-order chi connectivity index (χ0) is 8.97. The van der Waals surface area contributed by atoms with Crippen molar-refractivity contribution in [3.05, 3.63) is 0 Å². The Labute approximate surface area is 73.0 Å². The highest BCUT2D eigenvalue weighted by atomic mass is 16.5. The summed E-state index contributed by atoms with van der Waals surface area (Å²) in [5, 5.41) is 0. The van der Waals surface area contributed by atoms with Gasteiger partial charge in [0.05, 0.1) is 26.2 Å². The van der Waals surface area contributed by atoms with Crippen molar-refractivity contribution in [1.82, 2.24) is 0 Å². The molecule has 70 valence electrons. The number of carbonyl (C=O) groups is 1. The summed E-state index contributed by atoms with van der Waals surface area (Å²) in [6, 6.07) is 0. The molecule has 0 aromatic rings. The fourth-order valence-corrected chi connectivity index (χ4v) is 1.38. The van der Waals surface area contributed by atoms with E-state index in [1.165, 1.54) is 7.11 Å². The van der Waals surface area contributed by atoms with Gasteiger partial charge in [0.25, 0.3) is 0 Å². The average Bonchev–Trinajstić information content (AvgIpc) is 2.01. The van der Waals surface area contributed by atoms with Gasteiger partial charge in [0.2, 0.25) is 0 Å². The highest BCUT2D eigenvalue weighted by Gasteiger charge is 2.25. The Kier molecular flexibility index (Phi) is 3.53. The Balaban J connectivity index is 1.93. The second kappa shape index (κ2) is 4.45. The van der Waals surface area contributed by atoms with Gasteiger partial charge in [-0.25, -0.2) is 0 Å². The van der Waals surface area contributed by atoms with Crippen molar-refractivity contribution in [2.75, 3.05) is 13.7 Å². The maximum absolute atomic E-state index is 10.7. The van der Waals surface area contributed by atoms with Crippen LogP contribution in [0.2, 0.25) is 0 Å². The van der Waals surface area contributed by atoms with E-state index in [0.29, 0.717) is 19.1 Å². The summed E-state index contributed by atoms with van der Waals surface area (Å²) >= 11 is 0. The second-order valence-corrected chi connectivity index (χ2v) is 3.40. The fourth-order valence-electron chi connectivity index (χ4n) is 1.38. The molecule has 3 nitrogen and oxygen atoms in total. The highest BCUT2D eigenvalue weighted by molar-refractivity contribution is 5.69. The summed E-state index contributed by atoms with van der Waals surface area (Å²) in [7, 11) is 1.40. The number of hydrogen-bond acceptors (Lipinski definition) is 3. The molecule has 0 unspecified atom stereocenters. The van der Waals surface area contributed by atoms with Gasteiger partial charge < -0.3 is 9.47 Å². The largest absolute Gasteiger partial charge is 0.469 e. The summed E-state index contributed by atoms with van der Waals surface area (Å²) < 4.78 is 9.91. The molecule has 1 fully saturated rings. The zero-order valence-electron chi connectivity index (χ0n) is 7.71. The smallest absolute Gasteiger partial charge is 0.307 e. The van der Waals surface area contributed by atoms with E-state index < -0.39 is 0 Å². The predicted molar refractivity (Wildman–Crippen MR) is 44.8 cm³/mol. The van der Waals surface area contributed by atoms with Crippen molar-refractivity contribution in [2.24, 2.45) is 5.92 Å². The molecule has 1 saturated carbocycles. The molecule has 0 spiro atoms. The van der Waals surface area contributed by atoms with Crippen LogP contribution >= 0.6 is 0 Å². The third kappa shape index (κ3) is 2.81. The van der Waals surface area contributed by atoms with Crippen molar-refractivity contribution in [2.45, 2.75) is 32.3 Å². The number of carbonyl (C=O) groups excluding carboxylic acids is 1. The van der Waals surface area contributed by atoms with Crippen LogP contribution in [-0.4, -0.2) is 25.8 Å². The van der Waals surface area contributed by atoms with E-state index in [-0.39, 0.29) is 5.97 Å². The molecule has 1 aliphatic carbocycles. The van der Waals surface area contributed by atoms with E-state index in [1.807, 2.05) is 0 Å². The highest BCUT2D eigenvalue weighted by Crippen LogP contribution is 2.28. The first-order chi connectivity index (χ1) is 5.72. The number of ether oxygens (including phenoxy) is 2. The second-order valence-electron chi connectivity index (χ2n) is 3.40. The van der Waals surface area contributed by atoms with Gasteiger partial charge >= 0.3 is 5.97 Å². The minimum absolute atomic E-state index is 0.192. The van der Waals surface area contributed by atoms with Crippen LogP contribution in [0, 0.1) is 5.92 Å². The minimum atomic E-state index is -0.192. The molecule has 0 amide bonds. The van der Waals surface area contributed by atoms with Gasteiger partial charge in [-0.05, 0) is 18.8 Å². The van der Waals surface area contributed by atoms with Gasteiger partial charge in [-0.2, -0.15) is 0 Å². The lowest BCUT2D eigenvalue weighted by atomic mass is 9.84. The zero-order valence-corrected chi connectivity index (χ0v) is 7.71. The number of esters is 1. The summed E-state index contributed by atoms with van der Waals surface area (Å²) in [6.45, 7) is 2.71. The van der Waals surface area contributed by atoms with Crippen LogP contribution in [0.3, 0.4) is 0 Å². The maximum Gasteiger partial charge on any atom is 0.307 e. The molecule has 1 aliphatic rings. The molecule has 0 heterocycles. The van der Waals surface area contributed by atoms with Crippen LogP contribution in [0.25, 0.3) is 0 Å². The van der Waals surface area contributed by atoms with Crippen LogP contribution in [0.1, 0.15) is 26.2 Å². The van der Waals surface area contributed by atoms with Crippen LogP contribution in [-0.2, 0) is 14.3 Å². The van der Waals surface area contributed by atoms with Crippen LogP contribution < -0.4 is 0 Å². The third-order valence-corrected chi connectivity index (χ3v) is 2.22. The Morgan fingerprint density at radius 1 is 1.50 bits per heavy atom. The fraction of sp³-hybridized carbons (Fsp3) is 0.889. The molecule has 0 aromatic carbocycles. The van der Waals surface area contributed by atoms with Gasteiger partial charge in [0, 0.05) is 0 Å². The van der Waals surface area contributed by atoms with E-state index in [0.717, 1.165) is 18.8 Å². The van der Waals surface area contributed by atoms with Gasteiger partial charge in [0.1, 0.15) is 0 Å². The van der Waals surface area contributed by atoms with E-state index in [4.69, 9.17) is 4.74 Å². The molecular weight excluding hydrogens is 156 g/mol. The van der Waals surface area contributed by atoms with Gasteiger partial charge in [0.15, 0.2) is 0 Å². The molecule has 0 bridgehead atoms. The van der Waals surface area contributed by atoms with Crippen molar-refractivity contribution < 1.29 is 14.3 Å². The van der Waals surface area contributed by atoms with E-state index >= 15 is 0 Å². The van der Waals surface area contributed by atoms with Gasteiger partial charge in [-0.3, -0.25) is 4.79 Å². The molecule has 1 rings (SSSR count). The standard InChI is InChI=1S/C9H16O3/c1-7-5-8(6-7)12-4-3-9(10)11-2/h7-8H,3-6H2,1-2H3/t7-,8+. The predicted octanol–water partition coefficient (Wildman–Crippen LogP) is 1.36. The summed E-state index contributed by atoms with van der Waals surface area (Å²) in [6.07, 6.45) is 3.05. The molecule has 0 aromatic heterocycles. The normalized spacial score (nSPS) is 27.8. The Hall–Kier alpha value is -0.570. The topological polar surface area (TPSA) is 35.5 Å². The Bertz CT molecular complexity index is 150. The van der Waals surface area contributed by atoms with Crippen molar-refractivity contribution >= 4 is 5.97 Å². The molecule has 12 heavy (non-hydrogen) atoms. The summed E-state index contributed by atoms with van der Waals surface area (Å²) in [5.41, 5.74) is 0. The van der Waals surface area contributed by atoms with Crippen molar-refractivity contribution in [3.63, 3.8) is 0 Å². The first-order valence-corrected chi connectivity index (χ1v) is 4.40. The summed E-state index contributed by atoms with van der Waals surface area (Å²) in [4.78, 5) is 10.7. The monoisotopic (exact) mass is 172 g/mol. The Morgan fingerprint density at radius 2 is 2.17 bits per heavy atom. The first kappa shape index (κ1) is 9.52. The molecule has 0 radical (unpaired) electrons. The van der Waals surface area contributed by atoms with Crippen LogP contribution in [0.5, 0.6) is 0 Å². The molecule has 0 saturated heterocycles. The maximum atomic E-state index is 10.7. The number of hydrogen-bond donors (Lipinski definition) is 0. The Morgan fingerprint density at radius 3 is 2.67 bits per heavy atom. The first-order valence-electron chi connectivity index (χ1n) is 4.40. The SMILES string of the molecule is COC(=O)CCO[C@H]1C[C@@H](C)C1. The van der Waals surface area contributed by atoms with Gasteiger partial charge in [-0.1, -0.05) is 6.92 Å². The average molecular weight is 172 g/mol. The number of methoxy groups -OCH3 is 1. The van der Waals surface area contributed by atoms with Gasteiger partial charge in [-0.15, -0.1) is 0 Å². The summed E-state index contributed by atoms with van der Waals surface area (Å²) in [5.74, 6) is 0.607. The third-order valence-electron chi connectivity index (χ3n) is 2.22. The quantitative estimate of drug-likeness (QED) is 0.601. The lowest BCUT2D eigenvalue weighted by Gasteiger charge is -2.32. The number of rotatable bonds is 4. The van der Waals surface area contributed by atoms with Crippen molar-refractivity contribution in [1.29, 1.82) is 0 Å².